The average Bonchev–Trinajstić information content (AvgIpc) is 2.76. The molecule has 0 aliphatic carbocycles. The fraction of sp³-hybridized carbons (Fsp3) is 0.174. The van der Waals surface area contributed by atoms with Crippen LogP contribution in [0.4, 0.5) is 10.1 Å². The van der Waals surface area contributed by atoms with E-state index in [1.54, 1.807) is 7.11 Å². The van der Waals surface area contributed by atoms with Gasteiger partial charge in [-0.25, -0.2) is 4.39 Å². The number of amides is 1. The van der Waals surface area contributed by atoms with Crippen LogP contribution in [0.1, 0.15) is 11.6 Å². The summed E-state index contributed by atoms with van der Waals surface area (Å²) in [6, 6.07) is 21.9. The van der Waals surface area contributed by atoms with Crippen molar-refractivity contribution in [3.8, 4) is 11.5 Å². The second-order valence-corrected chi connectivity index (χ2v) is 6.29. The first-order valence-corrected chi connectivity index (χ1v) is 9.28. The largest absolute Gasteiger partial charge is 0.493 e. The number of benzene rings is 3. The number of hydrogen-bond acceptors (Lipinski definition) is 4. The Morgan fingerprint density at radius 1 is 0.931 bits per heavy atom. The second-order valence-electron chi connectivity index (χ2n) is 6.29. The van der Waals surface area contributed by atoms with E-state index in [1.807, 2.05) is 54.6 Å². The molecule has 0 saturated carbocycles. The maximum Gasteiger partial charge on any atom is 0.246 e. The summed E-state index contributed by atoms with van der Waals surface area (Å²) in [6.07, 6.45) is 0. The van der Waals surface area contributed by atoms with Gasteiger partial charge in [-0.3, -0.25) is 10.1 Å². The number of ether oxygens (including phenoxy) is 2. The van der Waals surface area contributed by atoms with Crippen LogP contribution in [0.25, 0.3) is 0 Å². The van der Waals surface area contributed by atoms with Gasteiger partial charge in [-0.15, -0.1) is 0 Å². The molecule has 0 saturated heterocycles. The van der Waals surface area contributed by atoms with Crippen LogP contribution >= 0.6 is 0 Å². The molecule has 29 heavy (non-hydrogen) atoms. The predicted octanol–water partition coefficient (Wildman–Crippen LogP) is 4.18. The Labute approximate surface area is 169 Å². The van der Waals surface area contributed by atoms with Gasteiger partial charge in [0.1, 0.15) is 18.5 Å². The minimum absolute atomic E-state index is 0.236. The van der Waals surface area contributed by atoms with Gasteiger partial charge in [0.2, 0.25) is 5.91 Å². The second kappa shape index (κ2) is 10.2. The van der Waals surface area contributed by atoms with Gasteiger partial charge in [0.25, 0.3) is 0 Å². The Morgan fingerprint density at radius 2 is 1.59 bits per heavy atom. The van der Waals surface area contributed by atoms with E-state index in [-0.39, 0.29) is 11.7 Å². The van der Waals surface area contributed by atoms with E-state index in [0.29, 0.717) is 30.3 Å². The summed E-state index contributed by atoms with van der Waals surface area (Å²) >= 11 is 0. The first-order valence-electron chi connectivity index (χ1n) is 9.28. The number of halogens is 1. The van der Waals surface area contributed by atoms with E-state index in [4.69, 9.17) is 9.47 Å². The number of para-hydroxylation sites is 2. The van der Waals surface area contributed by atoms with Gasteiger partial charge in [0.15, 0.2) is 11.5 Å². The lowest BCUT2D eigenvalue weighted by Crippen LogP contribution is -2.35. The summed E-state index contributed by atoms with van der Waals surface area (Å²) in [6.45, 7) is 0.794. The van der Waals surface area contributed by atoms with Crippen molar-refractivity contribution in [2.75, 3.05) is 25.6 Å². The van der Waals surface area contributed by atoms with Crippen LogP contribution in [0, 0.1) is 5.82 Å². The fourth-order valence-electron chi connectivity index (χ4n) is 2.86. The number of carbonyl (C=O) groups excluding carboxylic acids is 1. The lowest BCUT2D eigenvalue weighted by Gasteiger charge is -2.19. The van der Waals surface area contributed by atoms with Crippen LogP contribution in [0.5, 0.6) is 11.5 Å². The lowest BCUT2D eigenvalue weighted by molar-refractivity contribution is -0.118. The standard InChI is InChI=1S/C23H23FN2O3/c1-28-20-9-5-6-10-21(20)29-16-15-25-22(17-7-3-2-4-8-17)23(27)26-19-13-11-18(24)12-14-19/h2-14,22,25H,15-16H2,1H3,(H,26,27)/t22-/m1/s1. The molecular formula is C23H23FN2O3. The molecule has 6 heteroatoms. The molecule has 3 aromatic carbocycles. The Bertz CT molecular complexity index is 917. The molecule has 0 heterocycles. The van der Waals surface area contributed by atoms with Crippen LogP contribution < -0.4 is 20.1 Å². The van der Waals surface area contributed by atoms with Crippen molar-refractivity contribution in [1.82, 2.24) is 5.32 Å². The van der Waals surface area contributed by atoms with Crippen molar-refractivity contribution in [3.05, 3.63) is 90.2 Å². The van der Waals surface area contributed by atoms with Crippen LogP contribution in [0.2, 0.25) is 0 Å². The summed E-state index contributed by atoms with van der Waals surface area (Å²) in [7, 11) is 1.59. The van der Waals surface area contributed by atoms with Crippen LogP contribution in [-0.4, -0.2) is 26.2 Å². The van der Waals surface area contributed by atoms with Gasteiger partial charge in [-0.2, -0.15) is 0 Å². The minimum atomic E-state index is -0.581. The Hall–Kier alpha value is -3.38. The fourth-order valence-corrected chi connectivity index (χ4v) is 2.86. The molecule has 0 aliphatic rings. The molecule has 0 aliphatic heterocycles. The third-order valence-electron chi connectivity index (χ3n) is 4.28. The molecular weight excluding hydrogens is 371 g/mol. The number of carbonyl (C=O) groups is 1. The Morgan fingerprint density at radius 3 is 2.28 bits per heavy atom. The predicted molar refractivity (Wildman–Crippen MR) is 111 cm³/mol. The van der Waals surface area contributed by atoms with E-state index in [0.717, 1.165) is 5.56 Å². The van der Waals surface area contributed by atoms with E-state index in [1.165, 1.54) is 24.3 Å². The van der Waals surface area contributed by atoms with E-state index in [9.17, 15) is 9.18 Å². The molecule has 3 aromatic rings. The van der Waals surface area contributed by atoms with Gasteiger partial charge in [-0.05, 0) is 42.0 Å². The number of rotatable bonds is 9. The monoisotopic (exact) mass is 394 g/mol. The van der Waals surface area contributed by atoms with Crippen molar-refractivity contribution in [3.63, 3.8) is 0 Å². The highest BCUT2D eigenvalue weighted by atomic mass is 19.1. The van der Waals surface area contributed by atoms with E-state index in [2.05, 4.69) is 10.6 Å². The summed E-state index contributed by atoms with van der Waals surface area (Å²) in [5, 5.41) is 6.04. The summed E-state index contributed by atoms with van der Waals surface area (Å²) in [5.74, 6) is 0.708. The maximum absolute atomic E-state index is 13.1. The molecule has 1 amide bonds. The minimum Gasteiger partial charge on any atom is -0.493 e. The van der Waals surface area contributed by atoms with E-state index >= 15 is 0 Å². The van der Waals surface area contributed by atoms with Crippen LogP contribution in [0.15, 0.2) is 78.9 Å². The molecule has 0 fully saturated rings. The van der Waals surface area contributed by atoms with Crippen molar-refractivity contribution in [2.24, 2.45) is 0 Å². The molecule has 0 spiro atoms. The van der Waals surface area contributed by atoms with Crippen LogP contribution in [-0.2, 0) is 4.79 Å². The molecule has 0 bridgehead atoms. The SMILES string of the molecule is COc1ccccc1OCCN[C@@H](C(=O)Nc1ccc(F)cc1)c1ccccc1. The first-order chi connectivity index (χ1) is 14.2. The summed E-state index contributed by atoms with van der Waals surface area (Å²) in [5.41, 5.74) is 1.36. The van der Waals surface area contributed by atoms with Gasteiger partial charge in [0.05, 0.1) is 7.11 Å². The van der Waals surface area contributed by atoms with Gasteiger partial charge < -0.3 is 14.8 Å². The maximum atomic E-state index is 13.1. The van der Waals surface area contributed by atoms with E-state index < -0.39 is 6.04 Å². The zero-order chi connectivity index (χ0) is 20.5. The average molecular weight is 394 g/mol. The normalized spacial score (nSPS) is 11.5. The zero-order valence-corrected chi connectivity index (χ0v) is 16.1. The molecule has 0 radical (unpaired) electrons. The quantitative estimate of drug-likeness (QED) is 0.535. The van der Waals surface area contributed by atoms with Crippen molar-refractivity contribution >= 4 is 11.6 Å². The van der Waals surface area contributed by atoms with Crippen molar-refractivity contribution < 1.29 is 18.7 Å². The molecule has 2 N–H and O–H groups in total. The highest BCUT2D eigenvalue weighted by Gasteiger charge is 2.20. The smallest absolute Gasteiger partial charge is 0.246 e. The first kappa shape index (κ1) is 20.4. The van der Waals surface area contributed by atoms with Gasteiger partial charge >= 0.3 is 0 Å². The lowest BCUT2D eigenvalue weighted by atomic mass is 10.1. The molecule has 1 atom stereocenters. The molecule has 0 aromatic heterocycles. The number of hydrogen-bond donors (Lipinski definition) is 2. The van der Waals surface area contributed by atoms with Crippen LogP contribution in [0.3, 0.4) is 0 Å². The highest BCUT2D eigenvalue weighted by molar-refractivity contribution is 5.95. The highest BCUT2D eigenvalue weighted by Crippen LogP contribution is 2.25. The third-order valence-corrected chi connectivity index (χ3v) is 4.28. The van der Waals surface area contributed by atoms with Crippen molar-refractivity contribution in [2.45, 2.75) is 6.04 Å². The topological polar surface area (TPSA) is 59.6 Å². The zero-order valence-electron chi connectivity index (χ0n) is 16.1. The Balaban J connectivity index is 1.63. The molecule has 3 rings (SSSR count). The molecule has 150 valence electrons. The van der Waals surface area contributed by atoms with Crippen molar-refractivity contribution in [1.29, 1.82) is 0 Å². The number of anilines is 1. The van der Waals surface area contributed by atoms with Gasteiger partial charge in [0, 0.05) is 12.2 Å². The summed E-state index contributed by atoms with van der Waals surface area (Å²) < 4.78 is 24.1. The summed E-state index contributed by atoms with van der Waals surface area (Å²) in [4.78, 5) is 12.8. The molecule has 5 nitrogen and oxygen atoms in total. The number of methoxy groups -OCH3 is 1. The third kappa shape index (κ3) is 5.80. The van der Waals surface area contributed by atoms with Gasteiger partial charge in [-0.1, -0.05) is 42.5 Å². The number of nitrogens with one attached hydrogen (secondary N) is 2. The molecule has 0 unspecified atom stereocenters. The Kier molecular flexibility index (Phi) is 7.19.